The molecule has 59 heavy (non-hydrogen) atoms. The molecule has 5 atom stereocenters. The van der Waals surface area contributed by atoms with Crippen LogP contribution in [0.1, 0.15) is 87.5 Å². The van der Waals surface area contributed by atoms with Gasteiger partial charge in [-0.3, -0.25) is 19.2 Å². The van der Waals surface area contributed by atoms with Crippen molar-refractivity contribution in [2.45, 2.75) is 122 Å². The fourth-order valence-corrected chi connectivity index (χ4v) is 10.1. The Hall–Kier alpha value is -4.57. The number of nitrogens with zero attached hydrogens (tertiary/aromatic N) is 3. The normalized spacial score (nSPS) is 22.5. The van der Waals surface area contributed by atoms with E-state index in [0.29, 0.717) is 46.6 Å². The summed E-state index contributed by atoms with van der Waals surface area (Å²) in [6.45, 7) is 18.7. The third-order valence-electron chi connectivity index (χ3n) is 10.9. The van der Waals surface area contributed by atoms with Crippen LogP contribution in [-0.4, -0.2) is 101 Å². The first-order chi connectivity index (χ1) is 27.5. The monoisotopic (exact) mass is 851 g/mol. The summed E-state index contributed by atoms with van der Waals surface area (Å²) in [6, 6.07) is 6.26. The summed E-state index contributed by atoms with van der Waals surface area (Å²) in [5.41, 5.74) is -1.20. The minimum atomic E-state index is -3.67. The fraction of sp³-hybridized carbons (Fsp3) is 0.581. The zero-order valence-corrected chi connectivity index (χ0v) is 37.1. The average molecular weight is 852 g/mol. The van der Waals surface area contributed by atoms with Crippen molar-refractivity contribution < 1.29 is 41.8 Å². The third-order valence-corrected chi connectivity index (χ3v) is 13.9. The molecule has 3 heterocycles. The lowest BCUT2D eigenvalue weighted by molar-refractivity contribution is -0.161. The predicted molar refractivity (Wildman–Crippen MR) is 227 cm³/mol. The molecule has 3 fully saturated rings. The molecular formula is C43H57N5O9S2. The van der Waals surface area contributed by atoms with Gasteiger partial charge in [0.2, 0.25) is 11.8 Å². The van der Waals surface area contributed by atoms with Crippen LogP contribution < -0.4 is 20.1 Å². The van der Waals surface area contributed by atoms with E-state index in [9.17, 15) is 27.6 Å². The highest BCUT2D eigenvalue weighted by Gasteiger charge is 2.61. The summed E-state index contributed by atoms with van der Waals surface area (Å²) in [5.74, 6) is -3.20. The van der Waals surface area contributed by atoms with Crippen LogP contribution in [0.2, 0.25) is 0 Å². The van der Waals surface area contributed by atoms with E-state index in [-0.39, 0.29) is 31.8 Å². The Balaban J connectivity index is 1.35. The number of methoxy groups -OCH3 is 1. The number of carbonyl (C=O) groups excluding carboxylic acids is 4. The van der Waals surface area contributed by atoms with E-state index in [2.05, 4.69) is 17.2 Å². The number of hydrogen-bond donors (Lipinski definition) is 2. The van der Waals surface area contributed by atoms with Gasteiger partial charge in [-0.25, -0.2) is 18.4 Å². The van der Waals surface area contributed by atoms with Gasteiger partial charge in [-0.1, -0.05) is 26.8 Å². The number of carbonyl (C=O) groups is 4. The van der Waals surface area contributed by atoms with Crippen molar-refractivity contribution in [2.24, 2.45) is 17.3 Å². The van der Waals surface area contributed by atoms with Crippen LogP contribution in [0.25, 0.3) is 22.3 Å². The van der Waals surface area contributed by atoms with Gasteiger partial charge in [-0.15, -0.1) is 17.9 Å². The van der Waals surface area contributed by atoms with Crippen molar-refractivity contribution in [1.82, 2.24) is 20.2 Å². The summed E-state index contributed by atoms with van der Waals surface area (Å²) >= 11 is 1.45. The number of likely N-dealkylation sites (tertiary alicyclic amines) is 1. The van der Waals surface area contributed by atoms with Crippen LogP contribution >= 0.6 is 11.3 Å². The molecule has 3 aromatic rings. The van der Waals surface area contributed by atoms with Gasteiger partial charge >= 0.3 is 5.97 Å². The van der Waals surface area contributed by atoms with E-state index in [1.165, 1.54) is 16.2 Å². The number of Topliss-reactive ketones (excluding diaryl/α,β-unsaturated/α-hetero) is 1. The number of nitrogens with one attached hydrogen (secondary N) is 2. The maximum atomic E-state index is 14.8. The Bertz CT molecular complexity index is 2240. The average Bonchev–Trinajstić information content (AvgIpc) is 4.03. The number of sulfone groups is 1. The first-order valence-corrected chi connectivity index (χ1v) is 22.7. The van der Waals surface area contributed by atoms with E-state index in [0.717, 1.165) is 5.13 Å². The van der Waals surface area contributed by atoms with Crippen LogP contribution in [0.4, 0.5) is 5.13 Å². The van der Waals surface area contributed by atoms with Crippen LogP contribution in [-0.2, 0) is 33.8 Å². The van der Waals surface area contributed by atoms with Gasteiger partial charge in [0.1, 0.15) is 46.2 Å². The zero-order chi connectivity index (χ0) is 43.2. The molecule has 3 aliphatic rings. The lowest BCUT2D eigenvalue weighted by Crippen LogP contribution is -2.55. The van der Waals surface area contributed by atoms with Gasteiger partial charge in [0, 0.05) is 41.3 Å². The second-order valence-corrected chi connectivity index (χ2v) is 21.5. The number of aromatic nitrogens is 2. The van der Waals surface area contributed by atoms with E-state index < -0.39 is 84.9 Å². The van der Waals surface area contributed by atoms with Gasteiger partial charge in [0.25, 0.3) is 0 Å². The Morgan fingerprint density at radius 2 is 1.78 bits per heavy atom. The summed E-state index contributed by atoms with van der Waals surface area (Å²) in [5, 5.41) is 8.98. The maximum Gasteiger partial charge on any atom is 0.307 e. The number of amides is 2. The lowest BCUT2D eigenvalue weighted by atomic mass is 9.77. The molecule has 2 aromatic heterocycles. The number of fused-ring (bicyclic) bond motifs is 1. The van der Waals surface area contributed by atoms with Gasteiger partial charge in [0.05, 0.1) is 42.5 Å². The number of ether oxygens (including phenoxy) is 3. The highest BCUT2D eigenvalue weighted by Crippen LogP contribution is 2.47. The molecule has 1 aromatic carbocycles. The third kappa shape index (κ3) is 10.1. The largest absolute Gasteiger partial charge is 0.497 e. The molecule has 16 heteroatoms. The number of rotatable bonds is 16. The van der Waals surface area contributed by atoms with Crippen molar-refractivity contribution in [2.75, 3.05) is 24.7 Å². The number of benzene rings is 1. The quantitative estimate of drug-likeness (QED) is 0.124. The molecular weight excluding hydrogens is 795 g/mol. The fourth-order valence-electron chi connectivity index (χ4n) is 7.57. The molecule has 14 nitrogen and oxygen atoms in total. The number of esters is 1. The van der Waals surface area contributed by atoms with Gasteiger partial charge < -0.3 is 29.7 Å². The van der Waals surface area contributed by atoms with E-state index in [4.69, 9.17) is 24.2 Å². The van der Waals surface area contributed by atoms with E-state index >= 15 is 0 Å². The second-order valence-electron chi connectivity index (χ2n) is 18.4. The number of pyridine rings is 1. The Kier molecular flexibility index (Phi) is 12.3. The molecule has 0 unspecified atom stereocenters. The van der Waals surface area contributed by atoms with Crippen LogP contribution in [0, 0.1) is 17.3 Å². The highest BCUT2D eigenvalue weighted by atomic mass is 32.2. The van der Waals surface area contributed by atoms with Crippen LogP contribution in [0.15, 0.2) is 42.3 Å². The summed E-state index contributed by atoms with van der Waals surface area (Å²) < 4.78 is 43.7. The Morgan fingerprint density at radius 1 is 1.07 bits per heavy atom. The molecule has 0 radical (unpaired) electrons. The van der Waals surface area contributed by atoms with E-state index in [1.54, 1.807) is 52.2 Å². The topological polar surface area (TPSA) is 183 Å². The lowest BCUT2D eigenvalue weighted by Gasteiger charge is -2.35. The highest BCUT2D eigenvalue weighted by molar-refractivity contribution is 7.93. The first kappa shape index (κ1) is 44.0. The molecule has 2 aliphatic carbocycles. The van der Waals surface area contributed by atoms with Gasteiger partial charge in [0.15, 0.2) is 20.8 Å². The molecule has 320 valence electrons. The van der Waals surface area contributed by atoms with E-state index in [1.807, 2.05) is 46.1 Å². The minimum Gasteiger partial charge on any atom is -0.497 e. The standard InChI is InChI=1S/C43H57N5O9S2/c1-11-25-20-43(25,36(49)23-59(53,54)28-13-14-28)47-38(51)34-17-27(21-48(34)39(52)30(41(4,5)6)18-37(50)57-42(7,8)9)56-35-19-32(33-22-58-40(46-33)44-24(2)3)45-31-16-26(55-10)12-15-29(31)35/h11-12,15-16,19,22,24-25,27-28,30,34H,1,13-14,17-18,20-21,23H2,2-10H3,(H,44,46)(H,47,51)/t25-,27-,30-,34+,43-/m1/s1. The van der Waals surface area contributed by atoms with Crippen molar-refractivity contribution >= 4 is 60.8 Å². The number of hydrogen-bond acceptors (Lipinski definition) is 13. The number of anilines is 1. The van der Waals surface area contributed by atoms with Crippen molar-refractivity contribution in [3.63, 3.8) is 0 Å². The molecule has 1 aliphatic heterocycles. The molecule has 6 rings (SSSR count). The summed E-state index contributed by atoms with van der Waals surface area (Å²) in [4.78, 5) is 67.4. The van der Waals surface area contributed by atoms with Crippen LogP contribution in [0.3, 0.4) is 0 Å². The molecule has 2 amide bonds. The second kappa shape index (κ2) is 16.5. The molecule has 0 bridgehead atoms. The van der Waals surface area contributed by atoms with Crippen molar-refractivity contribution in [3.8, 4) is 22.9 Å². The zero-order valence-electron chi connectivity index (χ0n) is 35.4. The maximum absolute atomic E-state index is 14.8. The van der Waals surface area contributed by atoms with Crippen molar-refractivity contribution in [1.29, 1.82) is 0 Å². The Morgan fingerprint density at radius 3 is 2.37 bits per heavy atom. The molecule has 0 spiro atoms. The predicted octanol–water partition coefficient (Wildman–Crippen LogP) is 6.14. The Labute approximate surface area is 350 Å². The van der Waals surface area contributed by atoms with Gasteiger partial charge in [-0.2, -0.15) is 0 Å². The van der Waals surface area contributed by atoms with Crippen molar-refractivity contribution in [3.05, 3.63) is 42.3 Å². The number of ketones is 1. The van der Waals surface area contributed by atoms with Gasteiger partial charge in [-0.05, 0) is 71.4 Å². The number of thiazole rings is 1. The summed E-state index contributed by atoms with van der Waals surface area (Å²) in [7, 11) is -2.10. The molecule has 1 saturated heterocycles. The molecule has 2 N–H and O–H groups in total. The SMILES string of the molecule is C=C[C@@H]1C[C@]1(NC(=O)[C@@H]1C[C@@H](Oc2cc(-c3csc(NC(C)C)n3)nc3cc(OC)ccc23)CN1C(=O)[C@@H](CC(=O)OC(C)(C)C)C(C)(C)C)C(=O)CS(=O)(=O)C1CC1. The molecule has 2 saturated carbocycles. The summed E-state index contributed by atoms with van der Waals surface area (Å²) in [6.07, 6.45) is 1.87. The first-order valence-electron chi connectivity index (χ1n) is 20.1. The van der Waals surface area contributed by atoms with Crippen LogP contribution in [0.5, 0.6) is 11.5 Å². The minimum absolute atomic E-state index is 0.0197. The smallest absolute Gasteiger partial charge is 0.307 e.